The molecule has 3 heterocycles. The number of aromatic amines is 1. The number of rotatable bonds is 4. The van der Waals surface area contributed by atoms with E-state index in [9.17, 15) is 4.79 Å². The smallest absolute Gasteiger partial charge is 0.251 e. The molecular weight excluding hydrogens is 282 g/mol. The number of nitrogens with zero attached hydrogens (tertiary/aromatic N) is 4. The minimum absolute atomic E-state index is 0.0842. The molecule has 1 atom stereocenters. The first-order valence-electron chi connectivity index (χ1n) is 7.55. The predicted molar refractivity (Wildman–Crippen MR) is 81.4 cm³/mol. The Bertz CT molecular complexity index is 659. The van der Waals surface area contributed by atoms with Crippen molar-refractivity contribution in [3.8, 4) is 0 Å². The maximum Gasteiger partial charge on any atom is 0.251 e. The summed E-state index contributed by atoms with van der Waals surface area (Å²) in [6, 6.07) is 3.53. The van der Waals surface area contributed by atoms with Gasteiger partial charge in [0.15, 0.2) is 0 Å². The van der Waals surface area contributed by atoms with Crippen molar-refractivity contribution < 1.29 is 4.52 Å². The molecule has 7 nitrogen and oxygen atoms in total. The molecule has 0 amide bonds. The fourth-order valence-electron chi connectivity index (χ4n) is 2.83. The van der Waals surface area contributed by atoms with Crippen LogP contribution in [-0.2, 0) is 6.54 Å². The van der Waals surface area contributed by atoms with Gasteiger partial charge >= 0.3 is 0 Å². The van der Waals surface area contributed by atoms with Crippen LogP contribution in [0.3, 0.4) is 0 Å². The van der Waals surface area contributed by atoms with Crippen molar-refractivity contribution >= 4 is 0 Å². The van der Waals surface area contributed by atoms with Gasteiger partial charge in [-0.05, 0) is 13.8 Å². The first-order chi connectivity index (χ1) is 10.6. The lowest BCUT2D eigenvalue weighted by atomic mass is 10.2. The summed E-state index contributed by atoms with van der Waals surface area (Å²) in [6.07, 6.45) is 1.60. The highest BCUT2D eigenvalue weighted by Crippen LogP contribution is 2.18. The molecule has 118 valence electrons. The van der Waals surface area contributed by atoms with Gasteiger partial charge in [-0.2, -0.15) is 0 Å². The van der Waals surface area contributed by atoms with Gasteiger partial charge < -0.3 is 9.51 Å². The van der Waals surface area contributed by atoms with Gasteiger partial charge in [-0.25, -0.2) is 4.98 Å². The zero-order valence-corrected chi connectivity index (χ0v) is 13.0. The van der Waals surface area contributed by atoms with E-state index in [1.54, 1.807) is 6.26 Å². The number of nitrogens with one attached hydrogen (secondary N) is 1. The topological polar surface area (TPSA) is 78.3 Å². The third-order valence-corrected chi connectivity index (χ3v) is 4.12. The highest BCUT2D eigenvalue weighted by molar-refractivity contribution is 5.04. The second kappa shape index (κ2) is 6.41. The minimum atomic E-state index is -0.0842. The second-order valence-corrected chi connectivity index (χ2v) is 5.75. The van der Waals surface area contributed by atoms with E-state index < -0.39 is 0 Å². The Labute approximate surface area is 128 Å². The lowest BCUT2D eigenvalue weighted by Crippen LogP contribution is -2.47. The van der Waals surface area contributed by atoms with E-state index in [1.165, 1.54) is 6.07 Å². The standard InChI is InChI=1S/C15H21N5O2/c1-11-9-14(21)17-15(16-11)12(2)20-6-4-19(5-7-20)10-13-3-8-22-18-13/h3,8-9,12H,4-7,10H2,1-2H3,(H,16,17,21). The molecule has 1 aliphatic rings. The number of aromatic nitrogens is 3. The van der Waals surface area contributed by atoms with Crippen molar-refractivity contribution in [3.63, 3.8) is 0 Å². The van der Waals surface area contributed by atoms with Crippen LogP contribution < -0.4 is 5.56 Å². The summed E-state index contributed by atoms with van der Waals surface area (Å²) in [7, 11) is 0. The van der Waals surface area contributed by atoms with E-state index in [4.69, 9.17) is 4.52 Å². The lowest BCUT2D eigenvalue weighted by molar-refractivity contribution is 0.0931. The number of aryl methyl sites for hydroxylation is 1. The van der Waals surface area contributed by atoms with Crippen molar-refractivity contribution in [1.82, 2.24) is 24.9 Å². The van der Waals surface area contributed by atoms with Crippen LogP contribution in [0.25, 0.3) is 0 Å². The molecular formula is C15H21N5O2. The zero-order chi connectivity index (χ0) is 15.5. The molecule has 0 saturated carbocycles. The molecule has 2 aromatic heterocycles. The Morgan fingerprint density at radius 2 is 2.14 bits per heavy atom. The third-order valence-electron chi connectivity index (χ3n) is 4.12. The Balaban J connectivity index is 1.59. The van der Waals surface area contributed by atoms with E-state index in [-0.39, 0.29) is 11.6 Å². The SMILES string of the molecule is Cc1cc(=O)[nH]c(C(C)N2CCN(Cc3ccon3)CC2)n1. The van der Waals surface area contributed by atoms with E-state index in [0.717, 1.165) is 49.9 Å². The summed E-state index contributed by atoms with van der Waals surface area (Å²) in [6.45, 7) is 8.57. The largest absolute Gasteiger partial charge is 0.364 e. The number of hydrogen-bond donors (Lipinski definition) is 1. The van der Waals surface area contributed by atoms with Gasteiger partial charge in [0, 0.05) is 50.6 Å². The average molecular weight is 303 g/mol. The fraction of sp³-hybridized carbons (Fsp3) is 0.533. The second-order valence-electron chi connectivity index (χ2n) is 5.75. The molecule has 1 unspecified atom stereocenters. The van der Waals surface area contributed by atoms with Gasteiger partial charge in [0.25, 0.3) is 5.56 Å². The monoisotopic (exact) mass is 303 g/mol. The van der Waals surface area contributed by atoms with Gasteiger partial charge in [-0.3, -0.25) is 14.6 Å². The van der Waals surface area contributed by atoms with Crippen molar-refractivity contribution in [3.05, 3.63) is 46.0 Å². The highest BCUT2D eigenvalue weighted by atomic mass is 16.5. The number of H-pyrrole nitrogens is 1. The molecule has 0 spiro atoms. The molecule has 0 aromatic carbocycles. The summed E-state index contributed by atoms with van der Waals surface area (Å²) < 4.78 is 4.87. The average Bonchev–Trinajstić information content (AvgIpc) is 2.99. The van der Waals surface area contributed by atoms with Crippen LogP contribution in [0, 0.1) is 6.92 Å². The predicted octanol–water partition coefficient (Wildman–Crippen LogP) is 0.945. The van der Waals surface area contributed by atoms with Crippen LogP contribution in [0.1, 0.15) is 30.2 Å². The van der Waals surface area contributed by atoms with E-state index in [2.05, 4.69) is 31.8 Å². The van der Waals surface area contributed by atoms with Crippen molar-refractivity contribution in [2.24, 2.45) is 0 Å². The summed E-state index contributed by atoms with van der Waals surface area (Å²) in [5.74, 6) is 0.745. The minimum Gasteiger partial charge on any atom is -0.364 e. The normalized spacial score (nSPS) is 18.5. The first-order valence-corrected chi connectivity index (χ1v) is 7.55. The fourth-order valence-corrected chi connectivity index (χ4v) is 2.83. The van der Waals surface area contributed by atoms with Crippen molar-refractivity contribution in [1.29, 1.82) is 0 Å². The van der Waals surface area contributed by atoms with Gasteiger partial charge in [0.1, 0.15) is 12.1 Å². The Hall–Kier alpha value is -1.99. The molecule has 7 heteroatoms. The Morgan fingerprint density at radius 3 is 2.77 bits per heavy atom. The Kier molecular flexibility index (Phi) is 4.35. The van der Waals surface area contributed by atoms with E-state index in [1.807, 2.05) is 13.0 Å². The molecule has 3 rings (SSSR count). The molecule has 22 heavy (non-hydrogen) atoms. The van der Waals surface area contributed by atoms with E-state index in [0.29, 0.717) is 0 Å². The number of piperazine rings is 1. The molecule has 0 bridgehead atoms. The molecule has 2 aromatic rings. The number of hydrogen-bond acceptors (Lipinski definition) is 6. The molecule has 1 aliphatic heterocycles. The van der Waals surface area contributed by atoms with Crippen LogP contribution >= 0.6 is 0 Å². The van der Waals surface area contributed by atoms with Crippen molar-refractivity contribution in [2.45, 2.75) is 26.4 Å². The summed E-state index contributed by atoms with van der Waals surface area (Å²) in [4.78, 5) is 23.6. The summed E-state index contributed by atoms with van der Waals surface area (Å²) in [5, 5.41) is 3.95. The van der Waals surface area contributed by atoms with Crippen LogP contribution in [0.2, 0.25) is 0 Å². The molecule has 1 saturated heterocycles. The summed E-state index contributed by atoms with van der Waals surface area (Å²) >= 11 is 0. The quantitative estimate of drug-likeness (QED) is 0.906. The van der Waals surface area contributed by atoms with Crippen LogP contribution in [-0.4, -0.2) is 51.1 Å². The molecule has 1 fully saturated rings. The summed E-state index contributed by atoms with van der Waals surface area (Å²) in [5.41, 5.74) is 1.64. The zero-order valence-electron chi connectivity index (χ0n) is 13.0. The maximum atomic E-state index is 11.6. The highest BCUT2D eigenvalue weighted by Gasteiger charge is 2.23. The Morgan fingerprint density at radius 1 is 1.36 bits per heavy atom. The lowest BCUT2D eigenvalue weighted by Gasteiger charge is -2.37. The first kappa shape index (κ1) is 14.9. The van der Waals surface area contributed by atoms with Gasteiger partial charge in [0.2, 0.25) is 0 Å². The van der Waals surface area contributed by atoms with Gasteiger partial charge in [0.05, 0.1) is 11.7 Å². The maximum absolute atomic E-state index is 11.6. The van der Waals surface area contributed by atoms with Crippen LogP contribution in [0.4, 0.5) is 0 Å². The van der Waals surface area contributed by atoms with Crippen molar-refractivity contribution in [2.75, 3.05) is 26.2 Å². The van der Waals surface area contributed by atoms with Crippen LogP contribution in [0.5, 0.6) is 0 Å². The van der Waals surface area contributed by atoms with Crippen LogP contribution in [0.15, 0.2) is 27.7 Å². The molecule has 1 N–H and O–H groups in total. The van der Waals surface area contributed by atoms with Gasteiger partial charge in [-0.1, -0.05) is 5.16 Å². The third kappa shape index (κ3) is 3.42. The van der Waals surface area contributed by atoms with Gasteiger partial charge in [-0.15, -0.1) is 0 Å². The van der Waals surface area contributed by atoms with E-state index >= 15 is 0 Å². The molecule has 0 radical (unpaired) electrons. The molecule has 0 aliphatic carbocycles.